The van der Waals surface area contributed by atoms with Gasteiger partial charge in [0, 0.05) is 17.0 Å². The highest BCUT2D eigenvalue weighted by molar-refractivity contribution is 6.31. The van der Waals surface area contributed by atoms with Crippen molar-refractivity contribution in [3.05, 3.63) is 28.8 Å². The molecule has 2 rings (SSSR count). The van der Waals surface area contributed by atoms with E-state index < -0.39 is 0 Å². The van der Waals surface area contributed by atoms with E-state index in [9.17, 15) is 0 Å². The average Bonchev–Trinajstić information content (AvgIpc) is 2.31. The minimum absolute atomic E-state index is 0.282. The molecule has 58 valence electrons. The Hall–Kier alpha value is -0.690. The number of fused-ring (bicyclic) bond motifs is 1. The summed E-state index contributed by atoms with van der Waals surface area (Å²) in [6.07, 6.45) is 1.22. The maximum atomic E-state index is 5.95. The zero-order valence-electron chi connectivity index (χ0n) is 6.30. The van der Waals surface area contributed by atoms with E-state index in [1.807, 2.05) is 18.2 Å². The number of halogens is 1. The van der Waals surface area contributed by atoms with E-state index in [-0.39, 0.29) is 6.10 Å². The molecule has 11 heavy (non-hydrogen) atoms. The summed E-state index contributed by atoms with van der Waals surface area (Å²) in [5, 5.41) is 0.826. The van der Waals surface area contributed by atoms with Gasteiger partial charge >= 0.3 is 0 Å². The third-order valence-corrected chi connectivity index (χ3v) is 2.25. The normalized spacial score (nSPS) is 21.1. The van der Waals surface area contributed by atoms with Crippen LogP contribution in [0, 0.1) is 0 Å². The number of hydrogen-bond donors (Lipinski definition) is 0. The number of ether oxygens (including phenoxy) is 1. The monoisotopic (exact) mass is 168 g/mol. The Balaban J connectivity index is 2.49. The van der Waals surface area contributed by atoms with Crippen molar-refractivity contribution in [1.29, 1.82) is 0 Å². The second-order valence-electron chi connectivity index (χ2n) is 2.85. The van der Waals surface area contributed by atoms with E-state index in [0.29, 0.717) is 0 Å². The van der Waals surface area contributed by atoms with Crippen LogP contribution >= 0.6 is 11.6 Å². The first kappa shape index (κ1) is 6.99. The van der Waals surface area contributed by atoms with Crippen LogP contribution in [0.3, 0.4) is 0 Å². The summed E-state index contributed by atoms with van der Waals surface area (Å²) in [5.41, 5.74) is 1.15. The van der Waals surface area contributed by atoms with Gasteiger partial charge in [-0.2, -0.15) is 0 Å². The molecule has 1 aliphatic rings. The van der Waals surface area contributed by atoms with Crippen LogP contribution in [0.1, 0.15) is 12.5 Å². The number of hydrogen-bond acceptors (Lipinski definition) is 1. The van der Waals surface area contributed by atoms with Crippen LogP contribution in [0.2, 0.25) is 5.02 Å². The van der Waals surface area contributed by atoms with E-state index in [0.717, 1.165) is 22.8 Å². The Morgan fingerprint density at radius 1 is 1.55 bits per heavy atom. The lowest BCUT2D eigenvalue weighted by Crippen LogP contribution is -2.05. The first-order valence-electron chi connectivity index (χ1n) is 3.71. The lowest BCUT2D eigenvalue weighted by molar-refractivity contribution is 0.254. The molecule has 0 saturated heterocycles. The van der Waals surface area contributed by atoms with Crippen molar-refractivity contribution < 1.29 is 4.74 Å². The number of benzene rings is 1. The molecule has 1 nitrogen and oxygen atoms in total. The first-order chi connectivity index (χ1) is 5.27. The zero-order valence-corrected chi connectivity index (χ0v) is 7.06. The fourth-order valence-electron chi connectivity index (χ4n) is 1.39. The lowest BCUT2D eigenvalue weighted by Gasteiger charge is -2.00. The maximum absolute atomic E-state index is 5.95. The molecule has 0 spiro atoms. The van der Waals surface area contributed by atoms with Crippen molar-refractivity contribution in [2.24, 2.45) is 0 Å². The Kier molecular flexibility index (Phi) is 1.53. The molecular weight excluding hydrogens is 160 g/mol. The van der Waals surface area contributed by atoms with Crippen LogP contribution in [-0.4, -0.2) is 6.10 Å². The Labute approximate surface area is 70.9 Å². The van der Waals surface area contributed by atoms with Gasteiger partial charge in [-0.1, -0.05) is 17.7 Å². The van der Waals surface area contributed by atoms with Gasteiger partial charge < -0.3 is 4.74 Å². The van der Waals surface area contributed by atoms with Crippen molar-refractivity contribution in [2.75, 3.05) is 0 Å². The smallest absolute Gasteiger partial charge is 0.124 e. The first-order valence-corrected chi connectivity index (χ1v) is 4.09. The van der Waals surface area contributed by atoms with Crippen molar-refractivity contribution in [3.63, 3.8) is 0 Å². The molecule has 0 amide bonds. The summed E-state index contributed by atoms with van der Waals surface area (Å²) >= 11 is 5.95. The summed E-state index contributed by atoms with van der Waals surface area (Å²) in [6, 6.07) is 5.78. The molecule has 1 aromatic carbocycles. The van der Waals surface area contributed by atoms with E-state index in [4.69, 9.17) is 16.3 Å². The molecule has 1 unspecified atom stereocenters. The fourth-order valence-corrected chi connectivity index (χ4v) is 1.64. The van der Waals surface area contributed by atoms with Crippen LogP contribution in [0.5, 0.6) is 5.75 Å². The summed E-state index contributed by atoms with van der Waals surface area (Å²) in [6.45, 7) is 2.05. The van der Waals surface area contributed by atoms with Crippen LogP contribution < -0.4 is 4.74 Å². The molecule has 1 aromatic rings. The van der Waals surface area contributed by atoms with Crippen LogP contribution in [0.15, 0.2) is 18.2 Å². The molecule has 0 aliphatic carbocycles. The van der Waals surface area contributed by atoms with Crippen LogP contribution in [0.4, 0.5) is 0 Å². The Morgan fingerprint density at radius 2 is 2.36 bits per heavy atom. The van der Waals surface area contributed by atoms with Gasteiger partial charge in [-0.05, 0) is 19.1 Å². The van der Waals surface area contributed by atoms with Gasteiger partial charge in [-0.15, -0.1) is 0 Å². The van der Waals surface area contributed by atoms with Crippen molar-refractivity contribution in [2.45, 2.75) is 19.4 Å². The zero-order chi connectivity index (χ0) is 7.84. The van der Waals surface area contributed by atoms with Crippen molar-refractivity contribution in [3.8, 4) is 5.75 Å². The summed E-state index contributed by atoms with van der Waals surface area (Å²) in [7, 11) is 0. The standard InChI is InChI=1S/C9H9ClO/c1-6-5-7-8(10)3-2-4-9(7)11-6/h2-4,6H,5H2,1H3. The summed E-state index contributed by atoms with van der Waals surface area (Å²) in [4.78, 5) is 0. The third-order valence-electron chi connectivity index (χ3n) is 1.90. The lowest BCUT2D eigenvalue weighted by atomic mass is 10.1. The van der Waals surface area contributed by atoms with E-state index in [1.54, 1.807) is 0 Å². The largest absolute Gasteiger partial charge is 0.490 e. The Bertz CT molecular complexity index is 283. The van der Waals surface area contributed by atoms with Crippen LogP contribution in [0.25, 0.3) is 0 Å². The predicted octanol–water partition coefficient (Wildman–Crippen LogP) is 2.66. The number of rotatable bonds is 0. The van der Waals surface area contributed by atoms with E-state index >= 15 is 0 Å². The van der Waals surface area contributed by atoms with Crippen LogP contribution in [-0.2, 0) is 6.42 Å². The SMILES string of the molecule is CC1Cc2c(Cl)cccc2O1. The fraction of sp³-hybridized carbons (Fsp3) is 0.333. The Morgan fingerprint density at radius 3 is 3.09 bits per heavy atom. The second-order valence-corrected chi connectivity index (χ2v) is 3.26. The maximum Gasteiger partial charge on any atom is 0.124 e. The second kappa shape index (κ2) is 2.42. The van der Waals surface area contributed by atoms with Gasteiger partial charge in [0.2, 0.25) is 0 Å². The molecule has 0 aromatic heterocycles. The van der Waals surface area contributed by atoms with E-state index in [2.05, 4.69) is 6.92 Å². The quantitative estimate of drug-likeness (QED) is 0.579. The minimum Gasteiger partial charge on any atom is -0.490 e. The predicted molar refractivity (Wildman–Crippen MR) is 45.2 cm³/mol. The molecule has 2 heteroatoms. The molecular formula is C9H9ClO. The van der Waals surface area contributed by atoms with Gasteiger partial charge in [0.05, 0.1) is 0 Å². The van der Waals surface area contributed by atoms with Gasteiger partial charge in [0.1, 0.15) is 11.9 Å². The van der Waals surface area contributed by atoms with Gasteiger partial charge in [0.15, 0.2) is 0 Å². The van der Waals surface area contributed by atoms with E-state index in [1.165, 1.54) is 0 Å². The highest BCUT2D eigenvalue weighted by Gasteiger charge is 2.20. The third kappa shape index (κ3) is 1.10. The van der Waals surface area contributed by atoms with Gasteiger partial charge in [-0.3, -0.25) is 0 Å². The molecule has 0 radical (unpaired) electrons. The van der Waals surface area contributed by atoms with Crippen molar-refractivity contribution >= 4 is 11.6 Å². The average molecular weight is 169 g/mol. The van der Waals surface area contributed by atoms with Crippen molar-refractivity contribution in [1.82, 2.24) is 0 Å². The topological polar surface area (TPSA) is 9.23 Å². The molecule has 0 saturated carbocycles. The highest BCUT2D eigenvalue weighted by atomic mass is 35.5. The molecule has 1 atom stereocenters. The molecule has 0 fully saturated rings. The molecule has 0 bridgehead atoms. The summed E-state index contributed by atoms with van der Waals surface area (Å²) in [5.74, 6) is 0.949. The summed E-state index contributed by atoms with van der Waals surface area (Å²) < 4.78 is 5.50. The molecule has 0 N–H and O–H groups in total. The minimum atomic E-state index is 0.282. The highest BCUT2D eigenvalue weighted by Crippen LogP contribution is 2.33. The molecule has 1 heterocycles. The molecule has 1 aliphatic heterocycles. The van der Waals surface area contributed by atoms with Gasteiger partial charge in [0.25, 0.3) is 0 Å². The van der Waals surface area contributed by atoms with Gasteiger partial charge in [-0.25, -0.2) is 0 Å².